The van der Waals surface area contributed by atoms with Gasteiger partial charge in [0.15, 0.2) is 0 Å². The van der Waals surface area contributed by atoms with Crippen LogP contribution < -0.4 is 12.4 Å². The van der Waals surface area contributed by atoms with Gasteiger partial charge in [-0.3, -0.25) is 6.08 Å². The van der Waals surface area contributed by atoms with E-state index in [0.717, 1.165) is 6.42 Å². The average Bonchev–Trinajstić information content (AvgIpc) is 3.44. The average molecular weight is 465 g/mol. The number of hydrogen-bond acceptors (Lipinski definition) is 0. The zero-order valence-electron chi connectivity index (χ0n) is 15.6. The van der Waals surface area contributed by atoms with E-state index in [1.165, 1.54) is 70.1 Å². The molecule has 0 nitrogen and oxygen atoms in total. The molecule has 0 N–H and O–H groups in total. The molecule has 5 rings (SSSR count). The molecule has 3 aromatic rings. The quantitative estimate of drug-likeness (QED) is 0.383. The number of allylic oxidation sites excluding steroid dienone is 4. The van der Waals surface area contributed by atoms with Crippen molar-refractivity contribution in [2.45, 2.75) is 32.6 Å². The number of halogens is 1. The second-order valence-corrected chi connectivity index (χ2v) is 6.65. The molecule has 0 bridgehead atoms. The summed E-state index contributed by atoms with van der Waals surface area (Å²) in [6.07, 6.45) is 13.8. The van der Waals surface area contributed by atoms with Crippen LogP contribution in [0.4, 0.5) is 0 Å². The summed E-state index contributed by atoms with van der Waals surface area (Å²) < 4.78 is 0. The molecule has 0 aliphatic heterocycles. The van der Waals surface area contributed by atoms with Gasteiger partial charge in [-0.15, -0.1) is 34.9 Å². The van der Waals surface area contributed by atoms with Gasteiger partial charge in [0, 0.05) is 0 Å². The van der Waals surface area contributed by atoms with Gasteiger partial charge < -0.3 is 12.4 Å². The summed E-state index contributed by atoms with van der Waals surface area (Å²) in [5.74, 6) is 0. The first-order valence-electron chi connectivity index (χ1n) is 9.07. The van der Waals surface area contributed by atoms with Crippen LogP contribution in [-0.4, -0.2) is 6.88 Å². The first-order valence-corrected chi connectivity index (χ1v) is 13.3. The second-order valence-electron chi connectivity index (χ2n) is 6.65. The predicted molar refractivity (Wildman–Crippen MR) is 109 cm³/mol. The number of hydrogen-bond donors (Lipinski definition) is 0. The number of benzene rings is 2. The Morgan fingerprint density at radius 2 is 1.85 bits per heavy atom. The third kappa shape index (κ3) is 5.25. The third-order valence-electron chi connectivity index (χ3n) is 4.88. The molecule has 0 fully saturated rings. The van der Waals surface area contributed by atoms with Gasteiger partial charge in [0.1, 0.15) is 0 Å². The van der Waals surface area contributed by atoms with Gasteiger partial charge in [-0.1, -0.05) is 53.9 Å². The maximum atomic E-state index is 3.06. The van der Waals surface area contributed by atoms with Crippen LogP contribution in [0.15, 0.2) is 66.8 Å². The molecule has 27 heavy (non-hydrogen) atoms. The van der Waals surface area contributed by atoms with Crippen molar-refractivity contribution in [2.24, 2.45) is 0 Å². The topological polar surface area (TPSA) is 0 Å². The van der Waals surface area contributed by atoms with E-state index in [1.807, 2.05) is 12.2 Å². The van der Waals surface area contributed by atoms with Crippen LogP contribution in [0.25, 0.3) is 21.9 Å². The zero-order valence-corrected chi connectivity index (χ0v) is 19.8. The van der Waals surface area contributed by atoms with E-state index in [4.69, 9.17) is 0 Å². The monoisotopic (exact) mass is 463 g/mol. The molecular weight excluding hydrogens is 443 g/mol. The molecule has 0 unspecified atom stereocenters. The number of rotatable bonds is 1. The van der Waals surface area contributed by atoms with Crippen molar-refractivity contribution in [3.05, 3.63) is 89.5 Å². The summed E-state index contributed by atoms with van der Waals surface area (Å²) in [7, 11) is 0. The summed E-state index contributed by atoms with van der Waals surface area (Å²) in [6.45, 7) is 5.26. The Morgan fingerprint density at radius 1 is 1.07 bits per heavy atom. The van der Waals surface area contributed by atoms with Gasteiger partial charge in [-0.25, -0.2) is 12.2 Å². The molecule has 2 aliphatic carbocycles. The molecule has 3 heteroatoms. The molecule has 136 valence electrons. The first-order chi connectivity index (χ1) is 12.8. The van der Waals surface area contributed by atoms with Crippen LogP contribution in [0, 0.1) is 13.0 Å². The Kier molecular flexibility index (Phi) is 9.09. The molecule has 0 saturated carbocycles. The fourth-order valence-corrected chi connectivity index (χ4v) is 3.85. The molecule has 0 heterocycles. The summed E-state index contributed by atoms with van der Waals surface area (Å²) in [5.41, 5.74) is 7.38. The molecule has 0 saturated heterocycles. The van der Waals surface area contributed by atoms with E-state index >= 15 is 0 Å². The van der Waals surface area contributed by atoms with Crippen molar-refractivity contribution in [3.8, 4) is 11.1 Å². The molecule has 2 radical (unpaired) electrons. The maximum absolute atomic E-state index is 3.06. The number of fused-ring (bicyclic) bond motifs is 2. The molecule has 3 aromatic carbocycles. The molecule has 0 amide bonds. The Morgan fingerprint density at radius 3 is 2.48 bits per heavy atom. The van der Waals surface area contributed by atoms with Gasteiger partial charge in [0.2, 0.25) is 0 Å². The Bertz CT molecular complexity index is 928. The Labute approximate surface area is 185 Å². The van der Waals surface area contributed by atoms with Crippen LogP contribution in [0.2, 0.25) is 0 Å². The van der Waals surface area contributed by atoms with Crippen LogP contribution in [0.3, 0.4) is 0 Å². The van der Waals surface area contributed by atoms with Crippen molar-refractivity contribution in [1.29, 1.82) is 0 Å². The number of aryl methyl sites for hydroxylation is 2. The summed E-state index contributed by atoms with van der Waals surface area (Å²) in [5, 5.41) is 2.85. The van der Waals surface area contributed by atoms with Crippen LogP contribution >= 0.6 is 0 Å². The SMILES string of the molecule is Cc1cc2c(-c3ccccc3)c3c(cc2[cH-]1)CCC3.[C-]1=CC=CC1.[Cl-].[Si]=[Zr]. The summed E-state index contributed by atoms with van der Waals surface area (Å²) in [6, 6.07) is 18.0. The fraction of sp³-hybridized carbons (Fsp3) is 0.208. The molecular formula is C24H22ClSiZr-3. The van der Waals surface area contributed by atoms with Gasteiger partial charge in [-0.2, -0.15) is 12.1 Å². The minimum atomic E-state index is 0. The van der Waals surface area contributed by atoms with Gasteiger partial charge >= 0.3 is 30.2 Å². The van der Waals surface area contributed by atoms with Crippen LogP contribution in [0.1, 0.15) is 29.5 Å². The van der Waals surface area contributed by atoms with Crippen molar-refractivity contribution >= 4 is 17.7 Å². The van der Waals surface area contributed by atoms with Gasteiger partial charge in [-0.05, 0) is 24.8 Å². The van der Waals surface area contributed by atoms with E-state index in [0.29, 0.717) is 0 Å². The van der Waals surface area contributed by atoms with Crippen LogP contribution in [0.5, 0.6) is 0 Å². The van der Waals surface area contributed by atoms with Crippen molar-refractivity contribution < 1.29 is 35.7 Å². The molecule has 2 aliphatic rings. The second kappa shape index (κ2) is 11.1. The normalized spacial score (nSPS) is 13.2. The summed E-state index contributed by atoms with van der Waals surface area (Å²) in [4.78, 5) is 0. The van der Waals surface area contributed by atoms with E-state index in [9.17, 15) is 0 Å². The van der Waals surface area contributed by atoms with Crippen molar-refractivity contribution in [2.75, 3.05) is 0 Å². The Hall–Kier alpha value is -1.08. The standard InChI is InChI=1S/C19H17.C5H5.ClH.Si.Zr/c1-13-10-16-12-15-8-5-9-17(15)19(18(16)11-13)14-6-3-2-4-7-14;1-2-4-5-3-1;;;/h2-4,6-7,10-12H,5,8-9H2,1H3;1-3H,4H2;1H;;/q2*-1;;;/p-1. The Balaban J connectivity index is 0.000000282. The first kappa shape index (κ1) is 22.2. The predicted octanol–water partition coefficient (Wildman–Crippen LogP) is 2.95. The molecule has 0 aromatic heterocycles. The van der Waals surface area contributed by atoms with Gasteiger partial charge in [0.05, 0.1) is 0 Å². The van der Waals surface area contributed by atoms with E-state index in [2.05, 4.69) is 74.5 Å². The van der Waals surface area contributed by atoms with E-state index < -0.39 is 0 Å². The van der Waals surface area contributed by atoms with Crippen molar-refractivity contribution in [1.82, 2.24) is 0 Å². The van der Waals surface area contributed by atoms with Crippen LogP contribution in [-0.2, 0) is 36.2 Å². The van der Waals surface area contributed by atoms with E-state index in [-0.39, 0.29) is 12.4 Å². The fourth-order valence-electron chi connectivity index (χ4n) is 3.85. The van der Waals surface area contributed by atoms with Gasteiger partial charge in [0.25, 0.3) is 0 Å². The van der Waals surface area contributed by atoms with E-state index in [1.54, 1.807) is 11.1 Å². The third-order valence-corrected chi connectivity index (χ3v) is 4.88. The molecule has 0 spiro atoms. The summed E-state index contributed by atoms with van der Waals surface area (Å²) >= 11 is 1.36. The zero-order chi connectivity index (χ0) is 18.4. The molecule has 0 atom stereocenters. The minimum absolute atomic E-state index is 0. The van der Waals surface area contributed by atoms with Crippen molar-refractivity contribution in [3.63, 3.8) is 0 Å².